The number of halogens is 3. The first-order chi connectivity index (χ1) is 15.9. The van der Waals surface area contributed by atoms with Crippen LogP contribution in [0.1, 0.15) is 25.7 Å². The van der Waals surface area contributed by atoms with Gasteiger partial charge in [0.05, 0.1) is 31.2 Å². The van der Waals surface area contributed by atoms with Gasteiger partial charge in [0.25, 0.3) is 0 Å². The van der Waals surface area contributed by atoms with Gasteiger partial charge in [-0.05, 0) is 18.9 Å². The van der Waals surface area contributed by atoms with E-state index in [1.54, 1.807) is 23.2 Å². The first-order valence-corrected chi connectivity index (χ1v) is 10.7. The average molecular weight is 459 g/mol. The molecule has 2 aliphatic heterocycles. The van der Waals surface area contributed by atoms with Gasteiger partial charge in [0.2, 0.25) is 11.8 Å². The van der Waals surface area contributed by atoms with Gasteiger partial charge in [-0.3, -0.25) is 5.73 Å². The smallest absolute Gasteiger partial charge is 0.213 e. The SMILES string of the molecule is COc1ccc(N2CC3=C(N=C2N)N(C2CCCC2)C(N)N3c2c(F)cc(F)cc2F)cn1. The molecule has 33 heavy (non-hydrogen) atoms. The minimum Gasteiger partial charge on any atom is -0.481 e. The van der Waals surface area contributed by atoms with E-state index in [1.165, 1.54) is 12.0 Å². The van der Waals surface area contributed by atoms with Crippen LogP contribution in [0, 0.1) is 17.5 Å². The summed E-state index contributed by atoms with van der Waals surface area (Å²) in [5.74, 6) is -1.96. The third-order valence-corrected chi connectivity index (χ3v) is 6.33. The lowest BCUT2D eigenvalue weighted by Crippen LogP contribution is -2.51. The lowest BCUT2D eigenvalue weighted by Gasteiger charge is -2.34. The molecule has 0 radical (unpaired) electrons. The fourth-order valence-corrected chi connectivity index (χ4v) is 4.81. The van der Waals surface area contributed by atoms with Gasteiger partial charge in [0.15, 0.2) is 23.7 Å². The van der Waals surface area contributed by atoms with Crippen molar-refractivity contribution in [3.8, 4) is 5.88 Å². The predicted molar refractivity (Wildman–Crippen MR) is 118 cm³/mol. The molecule has 2 aromatic rings. The molecule has 0 bridgehead atoms. The highest BCUT2D eigenvalue weighted by molar-refractivity contribution is 5.97. The Labute approximate surface area is 188 Å². The van der Waals surface area contributed by atoms with Gasteiger partial charge >= 0.3 is 0 Å². The molecule has 5 rings (SSSR count). The standard InChI is InChI=1S/C22H24F3N7O/c1-33-18-7-6-14(10-28-18)30-11-17-20(29-21(30)26)31(13-4-2-3-5-13)22(27)32(17)19-15(24)8-12(23)9-16(19)25/h6-10,13,22H,2-5,11,27H2,1H3,(H2,26,29). The van der Waals surface area contributed by atoms with E-state index in [0.29, 0.717) is 35.2 Å². The molecule has 3 heterocycles. The van der Waals surface area contributed by atoms with Crippen LogP contribution in [0.2, 0.25) is 0 Å². The second-order valence-corrected chi connectivity index (χ2v) is 8.23. The Morgan fingerprint density at radius 3 is 2.39 bits per heavy atom. The van der Waals surface area contributed by atoms with Crippen LogP contribution in [0.3, 0.4) is 0 Å². The van der Waals surface area contributed by atoms with Crippen LogP contribution in [0.5, 0.6) is 5.88 Å². The molecule has 174 valence electrons. The summed E-state index contributed by atoms with van der Waals surface area (Å²) >= 11 is 0. The molecule has 1 fully saturated rings. The van der Waals surface area contributed by atoms with E-state index in [4.69, 9.17) is 16.2 Å². The number of aliphatic imine (C=N–C) groups is 1. The fourth-order valence-electron chi connectivity index (χ4n) is 4.81. The number of ether oxygens (including phenoxy) is 1. The highest BCUT2D eigenvalue weighted by atomic mass is 19.1. The second-order valence-electron chi connectivity index (χ2n) is 8.23. The molecule has 0 saturated heterocycles. The van der Waals surface area contributed by atoms with Crippen molar-refractivity contribution in [1.29, 1.82) is 0 Å². The quantitative estimate of drug-likeness (QED) is 0.726. The van der Waals surface area contributed by atoms with Crippen molar-refractivity contribution in [2.24, 2.45) is 16.5 Å². The van der Waals surface area contributed by atoms with Gasteiger partial charge in [-0.1, -0.05) is 12.8 Å². The van der Waals surface area contributed by atoms with E-state index in [-0.39, 0.29) is 18.5 Å². The topological polar surface area (TPSA) is 96.2 Å². The molecule has 0 amide bonds. The zero-order chi connectivity index (χ0) is 23.3. The Morgan fingerprint density at radius 2 is 1.79 bits per heavy atom. The molecule has 1 unspecified atom stereocenters. The van der Waals surface area contributed by atoms with Crippen molar-refractivity contribution in [2.45, 2.75) is 38.0 Å². The van der Waals surface area contributed by atoms with E-state index in [9.17, 15) is 13.2 Å². The molecular formula is C22H24F3N7O. The minimum atomic E-state index is -1.04. The first kappa shape index (κ1) is 21.4. The molecule has 11 heteroatoms. The lowest BCUT2D eigenvalue weighted by molar-refractivity contribution is 0.206. The molecule has 1 aliphatic carbocycles. The number of anilines is 2. The van der Waals surface area contributed by atoms with Crippen molar-refractivity contribution < 1.29 is 17.9 Å². The number of benzene rings is 1. The van der Waals surface area contributed by atoms with Gasteiger partial charge < -0.3 is 25.2 Å². The molecule has 1 aromatic carbocycles. The number of guanidine groups is 1. The summed E-state index contributed by atoms with van der Waals surface area (Å²) in [6.07, 6.45) is 4.47. The van der Waals surface area contributed by atoms with Crippen LogP contribution in [0.4, 0.5) is 24.5 Å². The van der Waals surface area contributed by atoms with Gasteiger partial charge in [-0.25, -0.2) is 18.2 Å². The molecule has 4 N–H and O–H groups in total. The maximum absolute atomic E-state index is 14.9. The Morgan fingerprint density at radius 1 is 1.09 bits per heavy atom. The van der Waals surface area contributed by atoms with Crippen LogP contribution in [0.15, 0.2) is 47.0 Å². The highest BCUT2D eigenvalue weighted by Gasteiger charge is 2.45. The van der Waals surface area contributed by atoms with Crippen LogP contribution in [-0.2, 0) is 0 Å². The van der Waals surface area contributed by atoms with Gasteiger partial charge in [0.1, 0.15) is 11.5 Å². The fraction of sp³-hybridized carbons (Fsp3) is 0.364. The zero-order valence-electron chi connectivity index (χ0n) is 18.0. The van der Waals surface area contributed by atoms with E-state index < -0.39 is 29.4 Å². The van der Waals surface area contributed by atoms with Gasteiger partial charge in [0, 0.05) is 24.2 Å². The molecule has 8 nitrogen and oxygen atoms in total. The van der Waals surface area contributed by atoms with Gasteiger partial charge in [-0.15, -0.1) is 0 Å². The van der Waals surface area contributed by atoms with Crippen LogP contribution >= 0.6 is 0 Å². The summed E-state index contributed by atoms with van der Waals surface area (Å²) < 4.78 is 48.5. The molecule has 1 atom stereocenters. The first-order valence-electron chi connectivity index (χ1n) is 10.7. The number of pyridine rings is 1. The normalized spacial score (nSPS) is 21.1. The number of nitrogens with two attached hydrogens (primary N) is 2. The van der Waals surface area contributed by atoms with Crippen LogP contribution in [-0.4, -0.2) is 41.8 Å². The van der Waals surface area contributed by atoms with Crippen molar-refractivity contribution in [3.63, 3.8) is 0 Å². The second kappa shape index (κ2) is 8.14. The average Bonchev–Trinajstić information content (AvgIpc) is 3.39. The third-order valence-electron chi connectivity index (χ3n) is 6.33. The van der Waals surface area contributed by atoms with Crippen molar-refractivity contribution >= 4 is 17.3 Å². The van der Waals surface area contributed by atoms with Gasteiger partial charge in [-0.2, -0.15) is 4.99 Å². The Hall–Kier alpha value is -3.47. The summed E-state index contributed by atoms with van der Waals surface area (Å²) in [6.45, 7) is 0.145. The number of rotatable bonds is 4. The van der Waals surface area contributed by atoms with Crippen molar-refractivity contribution in [2.75, 3.05) is 23.5 Å². The van der Waals surface area contributed by atoms with Crippen LogP contribution < -0.4 is 26.0 Å². The molecule has 3 aliphatic rings. The largest absolute Gasteiger partial charge is 0.481 e. The van der Waals surface area contributed by atoms with Crippen molar-refractivity contribution in [1.82, 2.24) is 9.88 Å². The monoisotopic (exact) mass is 459 g/mol. The molecule has 0 spiro atoms. The van der Waals surface area contributed by atoms with E-state index in [1.807, 2.05) is 4.90 Å². The molecular weight excluding hydrogens is 435 g/mol. The Kier molecular flexibility index (Phi) is 5.28. The maximum Gasteiger partial charge on any atom is 0.213 e. The number of methoxy groups -OCH3 is 1. The molecule has 1 saturated carbocycles. The summed E-state index contributed by atoms with van der Waals surface area (Å²) in [6, 6.07) is 4.79. The van der Waals surface area contributed by atoms with E-state index in [2.05, 4.69) is 9.98 Å². The summed E-state index contributed by atoms with van der Waals surface area (Å²) in [4.78, 5) is 13.7. The van der Waals surface area contributed by atoms with Crippen molar-refractivity contribution in [3.05, 3.63) is 59.4 Å². The van der Waals surface area contributed by atoms with E-state index in [0.717, 1.165) is 25.7 Å². The Bertz CT molecular complexity index is 1110. The summed E-state index contributed by atoms with van der Waals surface area (Å²) in [5, 5.41) is 0. The minimum absolute atomic E-state index is 0.0623. The maximum atomic E-state index is 14.9. The number of nitrogens with zero attached hydrogens (tertiary/aromatic N) is 5. The molecule has 1 aromatic heterocycles. The number of aromatic nitrogens is 1. The predicted octanol–water partition coefficient (Wildman–Crippen LogP) is 2.82. The number of hydrogen-bond acceptors (Lipinski definition) is 8. The van der Waals surface area contributed by atoms with Crippen LogP contribution in [0.25, 0.3) is 0 Å². The third kappa shape index (κ3) is 3.52. The Balaban J connectivity index is 1.60. The summed E-state index contributed by atoms with van der Waals surface area (Å²) in [5.41, 5.74) is 13.6. The summed E-state index contributed by atoms with van der Waals surface area (Å²) in [7, 11) is 1.51. The zero-order valence-corrected chi connectivity index (χ0v) is 18.0. The number of hydrogen-bond donors (Lipinski definition) is 2. The highest BCUT2D eigenvalue weighted by Crippen LogP contribution is 2.42. The van der Waals surface area contributed by atoms with E-state index >= 15 is 0 Å². The lowest BCUT2D eigenvalue weighted by atomic mass is 10.2.